The Morgan fingerprint density at radius 1 is 1.09 bits per heavy atom. The van der Waals surface area contributed by atoms with Crippen molar-refractivity contribution in [2.75, 3.05) is 9.62 Å². The molecular weight excluding hydrogens is 479 g/mol. The molecule has 11 heteroatoms. The molecule has 1 atom stereocenters. The number of carbonyl (C=O) groups excluding carboxylic acids is 1. The maximum Gasteiger partial charge on any atom is 0.416 e. The number of pyridine rings is 1. The fourth-order valence-electron chi connectivity index (χ4n) is 3.15. The Hall–Kier alpha value is -3.11. The van der Waals surface area contributed by atoms with Gasteiger partial charge in [0.15, 0.2) is 0 Å². The molecule has 174 valence electrons. The molecule has 1 heterocycles. The van der Waals surface area contributed by atoms with Crippen molar-refractivity contribution in [2.45, 2.75) is 30.5 Å². The van der Waals surface area contributed by atoms with E-state index in [0.717, 1.165) is 12.1 Å². The Morgan fingerprint density at radius 3 is 2.30 bits per heavy atom. The highest BCUT2D eigenvalue weighted by Crippen LogP contribution is 2.38. The van der Waals surface area contributed by atoms with Gasteiger partial charge in [-0.3, -0.25) is 14.1 Å². The molecule has 3 rings (SSSR count). The van der Waals surface area contributed by atoms with E-state index in [1.165, 1.54) is 48.8 Å². The molecule has 2 aromatic carbocycles. The number of anilines is 2. The van der Waals surface area contributed by atoms with Gasteiger partial charge in [0, 0.05) is 18.1 Å². The monoisotopic (exact) mass is 497 g/mol. The molecule has 1 unspecified atom stereocenters. The van der Waals surface area contributed by atoms with E-state index < -0.39 is 39.4 Å². The molecule has 1 N–H and O–H groups in total. The second-order valence-corrected chi connectivity index (χ2v) is 9.15. The van der Waals surface area contributed by atoms with Crippen molar-refractivity contribution in [3.8, 4) is 0 Å². The topological polar surface area (TPSA) is 79.4 Å². The van der Waals surface area contributed by atoms with Crippen molar-refractivity contribution >= 4 is 38.9 Å². The fraction of sp³-hybridized carbons (Fsp3) is 0.182. The maximum absolute atomic E-state index is 13.6. The predicted octanol–water partition coefficient (Wildman–Crippen LogP) is 5.37. The SMILES string of the molecule is CCC(C(=O)Nc1ccncc1)N(c1cc(C(F)(F)F)ccc1Cl)S(=O)(=O)c1ccccc1. The minimum absolute atomic E-state index is 0.0461. The third kappa shape index (κ3) is 5.45. The van der Waals surface area contributed by atoms with Crippen LogP contribution in [-0.4, -0.2) is 25.4 Å². The lowest BCUT2D eigenvalue weighted by Crippen LogP contribution is -2.47. The van der Waals surface area contributed by atoms with Gasteiger partial charge in [-0.25, -0.2) is 8.42 Å². The zero-order valence-corrected chi connectivity index (χ0v) is 18.8. The smallest absolute Gasteiger partial charge is 0.324 e. The Kier molecular flexibility index (Phi) is 7.28. The standard InChI is InChI=1S/C22H19ClF3N3O3S/c1-2-19(21(30)28-16-10-12-27-13-11-16)29(33(31,32)17-6-4-3-5-7-17)20-14-15(22(24,25)26)8-9-18(20)23/h3-14,19H,2H2,1H3,(H,27,28,30). The quantitative estimate of drug-likeness (QED) is 0.476. The summed E-state index contributed by atoms with van der Waals surface area (Å²) in [5.74, 6) is -0.739. The number of alkyl halides is 3. The normalized spacial score (nSPS) is 12.8. The third-order valence-electron chi connectivity index (χ3n) is 4.73. The van der Waals surface area contributed by atoms with Crippen molar-refractivity contribution in [3.05, 3.63) is 83.6 Å². The summed E-state index contributed by atoms with van der Waals surface area (Å²) < 4.78 is 68.1. The second kappa shape index (κ2) is 9.80. The first kappa shape index (κ1) is 24.5. The van der Waals surface area contributed by atoms with E-state index in [1.807, 2.05) is 0 Å². The molecule has 0 bridgehead atoms. The molecule has 0 radical (unpaired) electrons. The van der Waals surface area contributed by atoms with E-state index in [2.05, 4.69) is 10.3 Å². The Balaban J connectivity index is 2.18. The summed E-state index contributed by atoms with van der Waals surface area (Å²) in [6, 6.07) is 11.0. The molecule has 0 aliphatic carbocycles. The largest absolute Gasteiger partial charge is 0.416 e. The molecular formula is C22H19ClF3N3O3S. The predicted molar refractivity (Wildman–Crippen MR) is 120 cm³/mol. The summed E-state index contributed by atoms with van der Waals surface area (Å²) >= 11 is 6.19. The second-order valence-electron chi connectivity index (χ2n) is 6.93. The van der Waals surface area contributed by atoms with Crippen LogP contribution in [0.25, 0.3) is 0 Å². The van der Waals surface area contributed by atoms with Gasteiger partial charge in [-0.05, 0) is 48.9 Å². The zero-order valence-electron chi connectivity index (χ0n) is 17.3. The molecule has 6 nitrogen and oxygen atoms in total. The number of aromatic nitrogens is 1. The Labute approximate surface area is 194 Å². The van der Waals surface area contributed by atoms with Gasteiger partial charge in [-0.15, -0.1) is 0 Å². The molecule has 3 aromatic rings. The number of halogens is 4. The first-order chi connectivity index (χ1) is 15.6. The zero-order chi connectivity index (χ0) is 24.2. The third-order valence-corrected chi connectivity index (χ3v) is 6.89. The number of amides is 1. The highest BCUT2D eigenvalue weighted by atomic mass is 35.5. The van der Waals surface area contributed by atoms with E-state index in [-0.39, 0.29) is 16.3 Å². The molecule has 33 heavy (non-hydrogen) atoms. The van der Waals surface area contributed by atoms with Crippen LogP contribution in [0.15, 0.2) is 78.0 Å². The van der Waals surface area contributed by atoms with Crippen LogP contribution in [0.4, 0.5) is 24.5 Å². The lowest BCUT2D eigenvalue weighted by molar-refractivity contribution is -0.137. The lowest BCUT2D eigenvalue weighted by Gasteiger charge is -2.32. The van der Waals surface area contributed by atoms with Gasteiger partial charge in [0.05, 0.1) is 21.2 Å². The van der Waals surface area contributed by atoms with Crippen molar-refractivity contribution < 1.29 is 26.4 Å². The van der Waals surface area contributed by atoms with Crippen LogP contribution in [0.1, 0.15) is 18.9 Å². The van der Waals surface area contributed by atoms with E-state index in [0.29, 0.717) is 16.1 Å². The first-order valence-corrected chi connectivity index (χ1v) is 11.5. The van der Waals surface area contributed by atoms with Gasteiger partial charge in [-0.1, -0.05) is 36.7 Å². The van der Waals surface area contributed by atoms with Crippen LogP contribution < -0.4 is 9.62 Å². The van der Waals surface area contributed by atoms with E-state index in [1.54, 1.807) is 13.0 Å². The summed E-state index contributed by atoms with van der Waals surface area (Å²) in [6.07, 6.45) is -1.94. The van der Waals surface area contributed by atoms with Crippen molar-refractivity contribution in [1.29, 1.82) is 0 Å². The van der Waals surface area contributed by atoms with Crippen LogP contribution in [0.5, 0.6) is 0 Å². The van der Waals surface area contributed by atoms with Crippen molar-refractivity contribution in [2.24, 2.45) is 0 Å². The van der Waals surface area contributed by atoms with Gasteiger partial charge in [-0.2, -0.15) is 13.2 Å². The number of benzene rings is 2. The minimum Gasteiger partial charge on any atom is -0.324 e. The number of carbonyl (C=O) groups is 1. The molecule has 0 saturated carbocycles. The molecule has 1 aromatic heterocycles. The highest BCUT2D eigenvalue weighted by Gasteiger charge is 2.38. The average molecular weight is 498 g/mol. The lowest BCUT2D eigenvalue weighted by atomic mass is 10.1. The van der Waals surface area contributed by atoms with Gasteiger partial charge in [0.1, 0.15) is 6.04 Å². The Bertz CT molecular complexity index is 1220. The van der Waals surface area contributed by atoms with Crippen molar-refractivity contribution in [3.63, 3.8) is 0 Å². The summed E-state index contributed by atoms with van der Waals surface area (Å²) in [6.45, 7) is 1.55. The number of nitrogens with zero attached hydrogens (tertiary/aromatic N) is 2. The molecule has 1 amide bonds. The van der Waals surface area contributed by atoms with Crippen LogP contribution in [-0.2, 0) is 21.0 Å². The molecule has 0 aliphatic rings. The highest BCUT2D eigenvalue weighted by molar-refractivity contribution is 7.93. The molecule has 0 saturated heterocycles. The van der Waals surface area contributed by atoms with E-state index in [9.17, 15) is 26.4 Å². The Morgan fingerprint density at radius 2 is 1.73 bits per heavy atom. The average Bonchev–Trinajstić information content (AvgIpc) is 2.78. The number of hydrogen-bond donors (Lipinski definition) is 1. The number of hydrogen-bond acceptors (Lipinski definition) is 4. The van der Waals surface area contributed by atoms with Gasteiger partial charge in [0.25, 0.3) is 10.0 Å². The first-order valence-electron chi connectivity index (χ1n) is 9.73. The van der Waals surface area contributed by atoms with E-state index in [4.69, 9.17) is 11.6 Å². The number of sulfonamides is 1. The van der Waals surface area contributed by atoms with Gasteiger partial charge >= 0.3 is 6.18 Å². The number of nitrogens with one attached hydrogen (secondary N) is 1. The van der Waals surface area contributed by atoms with E-state index >= 15 is 0 Å². The van der Waals surface area contributed by atoms with Crippen LogP contribution >= 0.6 is 11.6 Å². The van der Waals surface area contributed by atoms with Crippen molar-refractivity contribution in [1.82, 2.24) is 4.98 Å². The fourth-order valence-corrected chi connectivity index (χ4v) is 5.12. The van der Waals surface area contributed by atoms with Gasteiger partial charge < -0.3 is 5.32 Å². The summed E-state index contributed by atoms with van der Waals surface area (Å²) in [5.41, 5.74) is -1.20. The minimum atomic E-state index is -4.75. The van der Waals surface area contributed by atoms with Crippen LogP contribution in [0.3, 0.4) is 0 Å². The number of rotatable bonds is 7. The summed E-state index contributed by atoms with van der Waals surface area (Å²) in [5, 5.41) is 2.33. The summed E-state index contributed by atoms with van der Waals surface area (Å²) in [4.78, 5) is 16.8. The van der Waals surface area contributed by atoms with Gasteiger partial charge in [0.2, 0.25) is 5.91 Å². The molecule has 0 fully saturated rings. The maximum atomic E-state index is 13.6. The van der Waals surface area contributed by atoms with Crippen LogP contribution in [0.2, 0.25) is 5.02 Å². The molecule has 0 spiro atoms. The molecule has 0 aliphatic heterocycles. The van der Waals surface area contributed by atoms with Crippen LogP contribution in [0, 0.1) is 0 Å². The summed E-state index contributed by atoms with van der Waals surface area (Å²) in [7, 11) is -4.48.